The van der Waals surface area contributed by atoms with E-state index in [1.165, 1.54) is 0 Å². The summed E-state index contributed by atoms with van der Waals surface area (Å²) in [6.07, 6.45) is 4.09. The van der Waals surface area contributed by atoms with Crippen LogP contribution in [0.1, 0.15) is 38.0 Å². The fourth-order valence-corrected chi connectivity index (χ4v) is 1.95. The van der Waals surface area contributed by atoms with Crippen LogP contribution < -0.4 is 5.32 Å². The summed E-state index contributed by atoms with van der Waals surface area (Å²) in [5.74, 6) is 0.780. The minimum Gasteiger partial charge on any atom is -0.423 e. The highest BCUT2D eigenvalue weighted by molar-refractivity contribution is 5.76. The monoisotopic (exact) mass is 283 g/mol. The third kappa shape index (κ3) is 4.90. The molecule has 7 heteroatoms. The maximum atomic E-state index is 11.6. The molecular weight excluding hydrogens is 262 g/mol. The molecule has 0 aromatic carbocycles. The molecule has 1 aromatic heterocycles. The van der Waals surface area contributed by atoms with E-state index < -0.39 is 0 Å². The third-order valence-electron chi connectivity index (χ3n) is 3.06. The fraction of sp³-hybridized carbons (Fsp3) is 0.769. The Morgan fingerprint density at radius 1 is 1.40 bits per heavy atom. The molecule has 0 aliphatic carbocycles. The molecule has 1 atom stereocenters. The Bertz CT molecular complexity index is 416. The van der Waals surface area contributed by atoms with E-state index in [0.29, 0.717) is 24.8 Å². The average Bonchev–Trinajstić information content (AvgIpc) is 2.94. The third-order valence-corrected chi connectivity index (χ3v) is 3.06. The highest BCUT2D eigenvalue weighted by Crippen LogP contribution is 2.12. The Morgan fingerprint density at radius 3 is 2.95 bits per heavy atom. The van der Waals surface area contributed by atoms with Gasteiger partial charge in [-0.1, -0.05) is 6.92 Å². The van der Waals surface area contributed by atoms with Gasteiger partial charge in [-0.2, -0.15) is 0 Å². The molecule has 112 valence electrons. The number of rotatable bonds is 7. The second-order valence-electron chi connectivity index (χ2n) is 4.72. The van der Waals surface area contributed by atoms with Crippen molar-refractivity contribution in [3.63, 3.8) is 0 Å². The van der Waals surface area contributed by atoms with Gasteiger partial charge in [-0.25, -0.2) is 0 Å². The van der Waals surface area contributed by atoms with Crippen molar-refractivity contribution in [2.45, 2.75) is 45.3 Å². The van der Waals surface area contributed by atoms with Crippen LogP contribution in [0.3, 0.4) is 0 Å². The summed E-state index contributed by atoms with van der Waals surface area (Å²) >= 11 is 0. The number of nitrogens with one attached hydrogen (secondary N) is 1. The van der Waals surface area contributed by atoms with Crippen LogP contribution in [0.15, 0.2) is 4.42 Å². The lowest BCUT2D eigenvalue weighted by Gasteiger charge is -2.22. The zero-order valence-corrected chi connectivity index (χ0v) is 11.8. The molecule has 1 fully saturated rings. The molecule has 20 heavy (non-hydrogen) atoms. The molecule has 0 saturated carbocycles. The predicted molar refractivity (Wildman–Crippen MR) is 69.9 cm³/mol. The molecular formula is C13H21N3O4. The van der Waals surface area contributed by atoms with Crippen molar-refractivity contribution in [2.75, 3.05) is 19.8 Å². The number of ether oxygens (including phenoxy) is 2. The molecule has 2 rings (SSSR count). The van der Waals surface area contributed by atoms with Gasteiger partial charge in [-0.15, -0.1) is 10.2 Å². The summed E-state index contributed by atoms with van der Waals surface area (Å²) in [6, 6.07) is 0. The number of carbonyl (C=O) groups is 1. The van der Waals surface area contributed by atoms with Gasteiger partial charge < -0.3 is 19.2 Å². The van der Waals surface area contributed by atoms with Gasteiger partial charge in [-0.05, 0) is 19.3 Å². The molecule has 2 heterocycles. The molecule has 1 N–H and O–H groups in total. The number of hydrogen-bond donors (Lipinski definition) is 1. The van der Waals surface area contributed by atoms with Crippen molar-refractivity contribution < 1.29 is 18.7 Å². The van der Waals surface area contributed by atoms with Crippen LogP contribution in [0, 0.1) is 0 Å². The molecule has 1 aliphatic heterocycles. The van der Waals surface area contributed by atoms with Crippen LogP contribution in [0.5, 0.6) is 0 Å². The molecule has 0 radical (unpaired) electrons. The topological polar surface area (TPSA) is 86.5 Å². The van der Waals surface area contributed by atoms with Crippen molar-refractivity contribution in [1.82, 2.24) is 15.5 Å². The maximum Gasteiger partial charge on any atom is 0.246 e. The molecule has 0 bridgehead atoms. The summed E-state index contributed by atoms with van der Waals surface area (Å²) in [5, 5.41) is 10.3. The summed E-state index contributed by atoms with van der Waals surface area (Å²) in [6.45, 7) is 3.44. The van der Waals surface area contributed by atoms with E-state index in [4.69, 9.17) is 13.9 Å². The van der Waals surface area contributed by atoms with Crippen LogP contribution in [0.25, 0.3) is 0 Å². The van der Waals surface area contributed by atoms with E-state index in [2.05, 4.69) is 15.5 Å². The van der Waals surface area contributed by atoms with Gasteiger partial charge in [0.2, 0.25) is 17.7 Å². The molecule has 0 spiro atoms. The standard InChI is InChI=1S/C13H21N3O4/c1-2-12-15-16-13(20-12)7-14-11(17)9-18-8-10-5-3-4-6-19-10/h10H,2-9H2,1H3,(H,14,17). The Labute approximate surface area is 118 Å². The highest BCUT2D eigenvalue weighted by Gasteiger charge is 2.14. The number of nitrogens with zero attached hydrogens (tertiary/aromatic N) is 2. The lowest BCUT2D eigenvalue weighted by molar-refractivity contribution is -0.128. The van der Waals surface area contributed by atoms with Gasteiger partial charge in [0.25, 0.3) is 0 Å². The zero-order chi connectivity index (χ0) is 14.2. The van der Waals surface area contributed by atoms with Crippen LogP contribution >= 0.6 is 0 Å². The summed E-state index contributed by atoms with van der Waals surface area (Å²) in [7, 11) is 0. The first-order chi connectivity index (χ1) is 9.78. The Balaban J connectivity index is 1.57. The molecule has 1 aromatic rings. The quantitative estimate of drug-likeness (QED) is 0.797. The summed E-state index contributed by atoms with van der Waals surface area (Å²) in [5.41, 5.74) is 0. The zero-order valence-electron chi connectivity index (χ0n) is 11.8. The first-order valence-corrected chi connectivity index (χ1v) is 7.05. The summed E-state index contributed by atoms with van der Waals surface area (Å²) < 4.78 is 16.1. The first-order valence-electron chi connectivity index (χ1n) is 7.05. The van der Waals surface area contributed by atoms with Crippen molar-refractivity contribution in [1.29, 1.82) is 0 Å². The molecule has 1 unspecified atom stereocenters. The lowest BCUT2D eigenvalue weighted by Crippen LogP contribution is -2.30. The summed E-state index contributed by atoms with van der Waals surface area (Å²) in [4.78, 5) is 11.6. The van der Waals surface area contributed by atoms with Crippen molar-refractivity contribution in [3.8, 4) is 0 Å². The van der Waals surface area contributed by atoms with Crippen LogP contribution in [0.4, 0.5) is 0 Å². The Morgan fingerprint density at radius 2 is 2.25 bits per heavy atom. The number of aryl methyl sites for hydroxylation is 1. The van der Waals surface area contributed by atoms with Gasteiger partial charge in [0.15, 0.2) is 0 Å². The number of hydrogen-bond acceptors (Lipinski definition) is 6. The van der Waals surface area contributed by atoms with E-state index in [1.54, 1.807) is 0 Å². The Hall–Kier alpha value is -1.47. The van der Waals surface area contributed by atoms with E-state index in [9.17, 15) is 4.79 Å². The maximum absolute atomic E-state index is 11.6. The Kier molecular flexibility index (Phi) is 5.94. The van der Waals surface area contributed by atoms with Crippen molar-refractivity contribution in [3.05, 3.63) is 11.8 Å². The predicted octanol–water partition coefficient (Wildman–Crippen LogP) is 0.834. The SMILES string of the molecule is CCc1nnc(CNC(=O)COCC2CCCCO2)o1. The van der Waals surface area contributed by atoms with Crippen molar-refractivity contribution in [2.24, 2.45) is 0 Å². The van der Waals surface area contributed by atoms with Crippen LogP contribution in [-0.2, 0) is 27.2 Å². The smallest absolute Gasteiger partial charge is 0.246 e. The van der Waals surface area contributed by atoms with E-state index in [-0.39, 0.29) is 25.2 Å². The fourth-order valence-electron chi connectivity index (χ4n) is 1.95. The molecule has 1 aliphatic rings. The minimum absolute atomic E-state index is 0.0225. The lowest BCUT2D eigenvalue weighted by atomic mass is 10.1. The van der Waals surface area contributed by atoms with Crippen molar-refractivity contribution >= 4 is 5.91 Å². The number of aromatic nitrogens is 2. The number of carbonyl (C=O) groups excluding carboxylic acids is 1. The van der Waals surface area contributed by atoms with E-state index in [0.717, 1.165) is 25.9 Å². The molecule has 1 saturated heterocycles. The van der Waals surface area contributed by atoms with Gasteiger partial charge in [0.1, 0.15) is 6.61 Å². The van der Waals surface area contributed by atoms with Gasteiger partial charge in [0.05, 0.1) is 19.3 Å². The van der Waals surface area contributed by atoms with E-state index in [1.807, 2.05) is 6.92 Å². The normalized spacial score (nSPS) is 18.9. The van der Waals surface area contributed by atoms with Crippen LogP contribution in [-0.4, -0.2) is 42.0 Å². The minimum atomic E-state index is -0.197. The van der Waals surface area contributed by atoms with Gasteiger partial charge in [0, 0.05) is 13.0 Å². The first kappa shape index (κ1) is 14.9. The molecule has 7 nitrogen and oxygen atoms in total. The second-order valence-corrected chi connectivity index (χ2v) is 4.72. The largest absolute Gasteiger partial charge is 0.423 e. The molecule has 1 amide bonds. The average molecular weight is 283 g/mol. The van der Waals surface area contributed by atoms with Gasteiger partial charge >= 0.3 is 0 Å². The second kappa shape index (κ2) is 7.96. The number of amides is 1. The van der Waals surface area contributed by atoms with Gasteiger partial charge in [-0.3, -0.25) is 4.79 Å². The van der Waals surface area contributed by atoms with Crippen LogP contribution in [0.2, 0.25) is 0 Å². The van der Waals surface area contributed by atoms with E-state index >= 15 is 0 Å². The highest BCUT2D eigenvalue weighted by atomic mass is 16.5.